The van der Waals surface area contributed by atoms with E-state index in [-0.39, 0.29) is 0 Å². The Balaban J connectivity index is 0.000000671. The van der Waals surface area contributed by atoms with Crippen LogP contribution in [-0.4, -0.2) is 10.1 Å². The Morgan fingerprint density at radius 1 is 1.31 bits per heavy atom. The van der Waals surface area contributed by atoms with Crippen LogP contribution < -0.4 is 0 Å². The molecule has 13 heavy (non-hydrogen) atoms. The summed E-state index contributed by atoms with van der Waals surface area (Å²) in [4.78, 5) is 3.94. The molecule has 1 heterocycles. The number of hydrogen-bond acceptors (Lipinski definition) is 2. The van der Waals surface area contributed by atoms with Crippen LogP contribution in [0.4, 0.5) is 0 Å². The normalized spacial score (nSPS) is 10.3. The summed E-state index contributed by atoms with van der Waals surface area (Å²) in [5.41, 5.74) is 0.00317. The highest BCUT2D eigenvalue weighted by Gasteiger charge is 2.15. The maximum atomic E-state index is 9.55. The highest BCUT2D eigenvalue weighted by molar-refractivity contribution is 9.10. The van der Waals surface area contributed by atoms with Gasteiger partial charge in [0.05, 0.1) is 5.60 Å². The lowest BCUT2D eigenvalue weighted by atomic mass is 10.0. The van der Waals surface area contributed by atoms with Crippen molar-refractivity contribution in [1.29, 1.82) is 0 Å². The third kappa shape index (κ3) is 4.39. The molecule has 0 aliphatic heterocycles. The summed E-state index contributed by atoms with van der Waals surface area (Å²) in [5.74, 6) is 0. The van der Waals surface area contributed by atoms with Gasteiger partial charge in [0.15, 0.2) is 0 Å². The molecule has 1 N–H and O–H groups in total. The minimum Gasteiger partial charge on any atom is -0.386 e. The molecule has 0 amide bonds. The molecule has 0 aliphatic rings. The number of pyridine rings is 1. The first-order valence-corrected chi connectivity index (χ1v) is 5.13. The first-order chi connectivity index (χ1) is 6.00. The number of aliphatic hydroxyl groups is 1. The van der Waals surface area contributed by atoms with E-state index < -0.39 is 5.60 Å². The summed E-state index contributed by atoms with van der Waals surface area (Å²) in [7, 11) is 0. The molecule has 0 spiro atoms. The molecule has 0 saturated carbocycles. The molecule has 1 aromatic rings. The number of hydrogen-bond donors (Lipinski definition) is 1. The lowest BCUT2D eigenvalue weighted by Crippen LogP contribution is -2.15. The van der Waals surface area contributed by atoms with Gasteiger partial charge in [0, 0.05) is 22.4 Å². The minimum atomic E-state index is -0.809. The predicted molar refractivity (Wildman–Crippen MR) is 58.5 cm³/mol. The molecule has 3 heteroatoms. The van der Waals surface area contributed by atoms with Crippen LogP contribution in [0.2, 0.25) is 0 Å². The van der Waals surface area contributed by atoms with E-state index in [4.69, 9.17) is 0 Å². The zero-order valence-electron chi connectivity index (χ0n) is 8.50. The summed E-state index contributed by atoms with van der Waals surface area (Å²) in [6, 6.07) is 1.85. The Hall–Kier alpha value is -0.410. The van der Waals surface area contributed by atoms with E-state index in [1.165, 1.54) is 0 Å². The molecule has 0 bridgehead atoms. The molecule has 0 saturated heterocycles. The SMILES string of the molecule is CC.CC(C)(O)c1cncc(Br)c1. The second kappa shape index (κ2) is 5.35. The van der Waals surface area contributed by atoms with Gasteiger partial charge in [-0.1, -0.05) is 13.8 Å². The zero-order valence-corrected chi connectivity index (χ0v) is 10.1. The first kappa shape index (κ1) is 12.6. The Morgan fingerprint density at radius 2 is 1.85 bits per heavy atom. The largest absolute Gasteiger partial charge is 0.386 e. The van der Waals surface area contributed by atoms with Gasteiger partial charge in [0.2, 0.25) is 0 Å². The smallest absolute Gasteiger partial charge is 0.0855 e. The Morgan fingerprint density at radius 3 is 2.15 bits per heavy atom. The van der Waals surface area contributed by atoms with Gasteiger partial charge >= 0.3 is 0 Å². The highest BCUT2D eigenvalue weighted by atomic mass is 79.9. The molecule has 0 aliphatic carbocycles. The monoisotopic (exact) mass is 245 g/mol. The number of halogens is 1. The van der Waals surface area contributed by atoms with Gasteiger partial charge in [-0.25, -0.2) is 0 Å². The van der Waals surface area contributed by atoms with Crippen LogP contribution in [0.25, 0.3) is 0 Å². The van der Waals surface area contributed by atoms with Crippen molar-refractivity contribution < 1.29 is 5.11 Å². The van der Waals surface area contributed by atoms with Gasteiger partial charge < -0.3 is 5.11 Å². The molecule has 0 fully saturated rings. The van der Waals surface area contributed by atoms with Crippen molar-refractivity contribution in [2.45, 2.75) is 33.3 Å². The van der Waals surface area contributed by atoms with E-state index in [1.54, 1.807) is 26.2 Å². The number of rotatable bonds is 1. The van der Waals surface area contributed by atoms with Crippen LogP contribution in [0.3, 0.4) is 0 Å². The van der Waals surface area contributed by atoms with Gasteiger partial charge in [-0.15, -0.1) is 0 Å². The second-order valence-corrected chi connectivity index (χ2v) is 3.87. The van der Waals surface area contributed by atoms with E-state index in [2.05, 4.69) is 20.9 Å². The van der Waals surface area contributed by atoms with Gasteiger partial charge in [-0.2, -0.15) is 0 Å². The molecular weight excluding hydrogens is 230 g/mol. The Labute approximate surface area is 88.1 Å². The minimum absolute atomic E-state index is 0.809. The van der Waals surface area contributed by atoms with Crippen LogP contribution in [-0.2, 0) is 5.60 Å². The fourth-order valence-corrected chi connectivity index (χ4v) is 1.11. The van der Waals surface area contributed by atoms with Crippen LogP contribution in [0.1, 0.15) is 33.3 Å². The van der Waals surface area contributed by atoms with E-state index in [0.29, 0.717) is 0 Å². The second-order valence-electron chi connectivity index (χ2n) is 2.95. The molecule has 0 unspecified atom stereocenters. The van der Waals surface area contributed by atoms with Crippen LogP contribution in [0, 0.1) is 0 Å². The van der Waals surface area contributed by atoms with E-state index >= 15 is 0 Å². The molecule has 1 rings (SSSR count). The molecule has 0 atom stereocenters. The third-order valence-electron chi connectivity index (χ3n) is 1.41. The van der Waals surface area contributed by atoms with Crippen molar-refractivity contribution in [3.8, 4) is 0 Å². The van der Waals surface area contributed by atoms with E-state index in [1.807, 2.05) is 19.9 Å². The summed E-state index contributed by atoms with van der Waals surface area (Å²) in [5, 5.41) is 9.55. The molecule has 1 aromatic heterocycles. The van der Waals surface area contributed by atoms with Gasteiger partial charge in [-0.05, 0) is 35.8 Å². The first-order valence-electron chi connectivity index (χ1n) is 4.33. The molecular formula is C10H16BrNO. The fraction of sp³-hybridized carbons (Fsp3) is 0.500. The van der Waals surface area contributed by atoms with Crippen LogP contribution >= 0.6 is 15.9 Å². The average molecular weight is 246 g/mol. The maximum Gasteiger partial charge on any atom is 0.0855 e. The lowest BCUT2D eigenvalue weighted by Gasteiger charge is -2.16. The molecule has 2 nitrogen and oxygen atoms in total. The van der Waals surface area contributed by atoms with Crippen LogP contribution in [0.5, 0.6) is 0 Å². The fourth-order valence-electron chi connectivity index (χ4n) is 0.746. The van der Waals surface area contributed by atoms with Gasteiger partial charge in [0.25, 0.3) is 0 Å². The number of aromatic nitrogens is 1. The highest BCUT2D eigenvalue weighted by Crippen LogP contribution is 2.21. The number of nitrogens with zero attached hydrogens (tertiary/aromatic N) is 1. The zero-order chi connectivity index (χ0) is 10.5. The Bertz CT molecular complexity index is 255. The summed E-state index contributed by atoms with van der Waals surface area (Å²) in [6.07, 6.45) is 3.35. The van der Waals surface area contributed by atoms with Gasteiger partial charge in [-0.3, -0.25) is 4.98 Å². The maximum absolute atomic E-state index is 9.55. The summed E-state index contributed by atoms with van der Waals surface area (Å²) in [6.45, 7) is 7.47. The van der Waals surface area contributed by atoms with E-state index in [9.17, 15) is 5.11 Å². The van der Waals surface area contributed by atoms with Crippen molar-refractivity contribution in [3.05, 3.63) is 28.5 Å². The average Bonchev–Trinajstić information content (AvgIpc) is 2.06. The van der Waals surface area contributed by atoms with Crippen LogP contribution in [0.15, 0.2) is 22.9 Å². The van der Waals surface area contributed by atoms with Crippen molar-refractivity contribution in [2.75, 3.05) is 0 Å². The summed E-state index contributed by atoms with van der Waals surface area (Å²) >= 11 is 3.28. The topological polar surface area (TPSA) is 33.1 Å². The standard InChI is InChI=1S/C8H10BrNO.C2H6/c1-8(2,11)6-3-7(9)5-10-4-6;1-2/h3-5,11H,1-2H3;1-2H3. The molecule has 74 valence electrons. The quantitative estimate of drug-likeness (QED) is 0.825. The lowest BCUT2D eigenvalue weighted by molar-refractivity contribution is 0.0781. The Kier molecular flexibility index (Phi) is 5.18. The van der Waals surface area contributed by atoms with Gasteiger partial charge in [0.1, 0.15) is 0 Å². The van der Waals surface area contributed by atoms with Crippen molar-refractivity contribution in [3.63, 3.8) is 0 Å². The van der Waals surface area contributed by atoms with Crippen molar-refractivity contribution in [1.82, 2.24) is 4.98 Å². The van der Waals surface area contributed by atoms with Crippen molar-refractivity contribution in [2.24, 2.45) is 0 Å². The molecule has 0 aromatic carbocycles. The van der Waals surface area contributed by atoms with Crippen molar-refractivity contribution >= 4 is 15.9 Å². The molecule has 0 radical (unpaired) electrons. The predicted octanol–water partition coefficient (Wildman–Crippen LogP) is 3.10. The third-order valence-corrected chi connectivity index (χ3v) is 1.84. The van der Waals surface area contributed by atoms with E-state index in [0.717, 1.165) is 10.0 Å². The summed E-state index contributed by atoms with van der Waals surface area (Å²) < 4.78 is 0.886.